The molecule has 27 heavy (non-hydrogen) atoms. The fourth-order valence-corrected chi connectivity index (χ4v) is 4.93. The van der Waals surface area contributed by atoms with Gasteiger partial charge in [0, 0.05) is 25.8 Å². The summed E-state index contributed by atoms with van der Waals surface area (Å²) in [6, 6.07) is 6.68. The lowest BCUT2D eigenvalue weighted by molar-refractivity contribution is -0.738. The van der Waals surface area contributed by atoms with Crippen molar-refractivity contribution < 1.29 is 29.5 Å². The molecule has 3 aliphatic rings. The minimum atomic E-state index is -1.22. The Kier molecular flexibility index (Phi) is 4.29. The van der Waals surface area contributed by atoms with Gasteiger partial charge in [-0.2, -0.15) is 0 Å². The fourth-order valence-electron chi connectivity index (χ4n) is 4.93. The van der Waals surface area contributed by atoms with E-state index in [0.717, 1.165) is 0 Å². The summed E-state index contributed by atoms with van der Waals surface area (Å²) < 4.78 is 5.02. The van der Waals surface area contributed by atoms with E-state index in [4.69, 9.17) is 4.74 Å². The molecule has 4 N–H and O–H groups in total. The van der Waals surface area contributed by atoms with E-state index >= 15 is 0 Å². The molecule has 4 rings (SSSR count). The van der Waals surface area contributed by atoms with Gasteiger partial charge in [-0.1, -0.05) is 18.2 Å². The highest BCUT2D eigenvalue weighted by atomic mass is 16.5. The maximum absolute atomic E-state index is 13.3. The van der Waals surface area contributed by atoms with Crippen LogP contribution in [0.25, 0.3) is 0 Å². The number of carbonyl (C=O) groups is 3. The van der Waals surface area contributed by atoms with Crippen LogP contribution in [0.5, 0.6) is 0 Å². The summed E-state index contributed by atoms with van der Waals surface area (Å²) in [5.41, 5.74) is 0.140. The summed E-state index contributed by atoms with van der Waals surface area (Å²) in [5, 5.41) is 14.9. The molecule has 8 heteroatoms. The minimum absolute atomic E-state index is 0.254. The molecular weight excluding hydrogens is 350 g/mol. The van der Waals surface area contributed by atoms with Crippen molar-refractivity contribution in [2.75, 3.05) is 25.6 Å². The van der Waals surface area contributed by atoms with Gasteiger partial charge in [-0.3, -0.25) is 19.3 Å². The average molecular weight is 374 g/mol. The third-order valence-electron chi connectivity index (χ3n) is 6.09. The largest absolute Gasteiger partial charge is 0.387 e. The topological polar surface area (TPSA) is 113 Å². The molecule has 5 atom stereocenters. The molecule has 0 saturated carbocycles. The number of imide groups is 1. The van der Waals surface area contributed by atoms with Crippen LogP contribution in [0, 0.1) is 11.8 Å². The Morgan fingerprint density at radius 2 is 2.04 bits per heavy atom. The highest BCUT2D eigenvalue weighted by Gasteiger charge is 2.74. The number of likely N-dealkylation sites (tertiary alicyclic amines) is 1. The number of amides is 3. The molecule has 0 bridgehead atoms. The lowest BCUT2D eigenvalue weighted by Gasteiger charge is -2.27. The number of nitrogens with zero attached hydrogens (tertiary/aromatic N) is 1. The van der Waals surface area contributed by atoms with E-state index in [0.29, 0.717) is 24.3 Å². The van der Waals surface area contributed by atoms with Crippen molar-refractivity contribution in [2.45, 2.75) is 31.0 Å². The van der Waals surface area contributed by atoms with Gasteiger partial charge in [0.1, 0.15) is 24.0 Å². The van der Waals surface area contributed by atoms with Crippen molar-refractivity contribution >= 4 is 23.4 Å². The predicted octanol–water partition coefficient (Wildman–Crippen LogP) is -1.20. The predicted molar refractivity (Wildman–Crippen MR) is 94.3 cm³/mol. The second kappa shape index (κ2) is 6.40. The lowest BCUT2D eigenvalue weighted by Crippen LogP contribution is -3.00. The van der Waals surface area contributed by atoms with Crippen LogP contribution in [0.1, 0.15) is 18.9 Å². The summed E-state index contributed by atoms with van der Waals surface area (Å²) in [6.45, 7) is 2.29. The normalized spacial score (nSPS) is 32.8. The first kappa shape index (κ1) is 18.1. The second-order valence-corrected chi connectivity index (χ2v) is 7.53. The number of anilines is 1. The van der Waals surface area contributed by atoms with Gasteiger partial charge in [0.05, 0.1) is 5.69 Å². The maximum Gasteiger partial charge on any atom is 0.291 e. The van der Waals surface area contributed by atoms with E-state index in [1.807, 2.05) is 18.2 Å². The Hall–Kier alpha value is -2.29. The molecule has 3 heterocycles. The van der Waals surface area contributed by atoms with E-state index in [1.54, 1.807) is 25.4 Å². The molecule has 1 aromatic carbocycles. The summed E-state index contributed by atoms with van der Waals surface area (Å²) >= 11 is 0. The summed E-state index contributed by atoms with van der Waals surface area (Å²) in [6.07, 6.45) is -0.306. The first-order valence-corrected chi connectivity index (χ1v) is 9.22. The maximum atomic E-state index is 13.3. The second-order valence-electron chi connectivity index (χ2n) is 7.53. The van der Waals surface area contributed by atoms with Gasteiger partial charge < -0.3 is 20.5 Å². The van der Waals surface area contributed by atoms with Crippen molar-refractivity contribution in [3.8, 4) is 0 Å². The van der Waals surface area contributed by atoms with Crippen LogP contribution >= 0.6 is 0 Å². The number of methoxy groups -OCH3 is 1. The third kappa shape index (κ3) is 2.37. The number of fused-ring (bicyclic) bond motifs is 4. The minimum Gasteiger partial charge on any atom is -0.387 e. The first-order valence-electron chi connectivity index (χ1n) is 9.22. The number of quaternary nitrogens is 1. The van der Waals surface area contributed by atoms with Crippen molar-refractivity contribution in [1.29, 1.82) is 0 Å². The van der Waals surface area contributed by atoms with Gasteiger partial charge in [-0.25, -0.2) is 0 Å². The zero-order valence-electron chi connectivity index (χ0n) is 15.3. The zero-order valence-corrected chi connectivity index (χ0v) is 15.3. The monoisotopic (exact) mass is 374 g/mol. The van der Waals surface area contributed by atoms with Gasteiger partial charge in [0.25, 0.3) is 5.91 Å². The van der Waals surface area contributed by atoms with Crippen LogP contribution in [0.15, 0.2) is 24.3 Å². The average Bonchev–Trinajstić information content (AvgIpc) is 3.22. The highest BCUT2D eigenvalue weighted by molar-refractivity contribution is 6.13. The Morgan fingerprint density at radius 3 is 2.74 bits per heavy atom. The molecular formula is C19H24N3O5+. The van der Waals surface area contributed by atoms with E-state index in [2.05, 4.69) is 5.32 Å². The first-order chi connectivity index (χ1) is 12.9. The Morgan fingerprint density at radius 1 is 1.30 bits per heavy atom. The van der Waals surface area contributed by atoms with E-state index < -0.39 is 29.5 Å². The van der Waals surface area contributed by atoms with Gasteiger partial charge in [-0.15, -0.1) is 0 Å². The number of aliphatic hydroxyl groups excluding tert-OH is 1. The number of rotatable bonds is 5. The fraction of sp³-hybridized carbons (Fsp3) is 0.526. The van der Waals surface area contributed by atoms with Gasteiger partial charge in [0.15, 0.2) is 0 Å². The molecule has 144 valence electrons. The summed E-state index contributed by atoms with van der Waals surface area (Å²) in [5.74, 6) is -2.50. The van der Waals surface area contributed by atoms with Gasteiger partial charge in [-0.05, 0) is 19.4 Å². The smallest absolute Gasteiger partial charge is 0.291 e. The third-order valence-corrected chi connectivity index (χ3v) is 6.09. The lowest BCUT2D eigenvalue weighted by atomic mass is 9.76. The number of para-hydroxylation sites is 1. The summed E-state index contributed by atoms with van der Waals surface area (Å²) in [4.78, 5) is 40.6. The van der Waals surface area contributed by atoms with Crippen molar-refractivity contribution in [3.63, 3.8) is 0 Å². The summed E-state index contributed by atoms with van der Waals surface area (Å²) in [7, 11) is 1.57. The number of carbonyl (C=O) groups excluding carboxylic acids is 3. The molecule has 1 aromatic rings. The molecule has 2 fully saturated rings. The molecule has 0 aliphatic carbocycles. The van der Waals surface area contributed by atoms with E-state index in [1.165, 1.54) is 4.90 Å². The number of nitrogens with two attached hydrogens (primary N) is 1. The number of ether oxygens (including phenoxy) is 1. The van der Waals surface area contributed by atoms with Crippen LogP contribution in [0.4, 0.5) is 5.69 Å². The Bertz CT molecular complexity index is 810. The quantitative estimate of drug-likeness (QED) is 0.443. The number of aliphatic hydroxyl groups is 1. The molecule has 0 unspecified atom stereocenters. The van der Waals surface area contributed by atoms with Crippen molar-refractivity contribution in [3.05, 3.63) is 29.8 Å². The van der Waals surface area contributed by atoms with Crippen LogP contribution in [-0.4, -0.2) is 60.1 Å². The van der Waals surface area contributed by atoms with E-state index in [-0.39, 0.29) is 24.3 Å². The number of nitrogens with one attached hydrogen (secondary N) is 1. The number of hydrogen-bond acceptors (Lipinski definition) is 5. The van der Waals surface area contributed by atoms with E-state index in [9.17, 15) is 19.5 Å². The molecule has 3 aliphatic heterocycles. The van der Waals surface area contributed by atoms with Crippen molar-refractivity contribution in [2.24, 2.45) is 11.8 Å². The van der Waals surface area contributed by atoms with Crippen LogP contribution in [0.3, 0.4) is 0 Å². The SMILES string of the molecule is COCCCN1C(=O)[C@@H]2[C@@H]([C@@H](C)O)[NH2+][C@]3(C(=O)Nc4ccccc43)[C@@H]2C1=O. The van der Waals surface area contributed by atoms with Gasteiger partial charge in [0.2, 0.25) is 17.4 Å². The Balaban J connectivity index is 1.79. The molecule has 2 saturated heterocycles. The number of hydrogen-bond donors (Lipinski definition) is 3. The Labute approximate surface area is 156 Å². The van der Waals surface area contributed by atoms with Crippen molar-refractivity contribution in [1.82, 2.24) is 4.90 Å². The van der Waals surface area contributed by atoms with Gasteiger partial charge >= 0.3 is 0 Å². The van der Waals surface area contributed by atoms with Crippen LogP contribution in [-0.2, 0) is 24.7 Å². The van der Waals surface area contributed by atoms with Crippen LogP contribution in [0.2, 0.25) is 0 Å². The molecule has 0 radical (unpaired) electrons. The molecule has 1 spiro atoms. The molecule has 0 aromatic heterocycles. The van der Waals surface area contributed by atoms with Crippen LogP contribution < -0.4 is 10.6 Å². The highest BCUT2D eigenvalue weighted by Crippen LogP contribution is 2.49. The zero-order chi connectivity index (χ0) is 19.3. The standard InChI is InChI=1S/C19H23N3O5/c1-10(23)15-13-14(17(25)22(16(13)24)8-5-9-27-2)19(21-15)11-6-3-4-7-12(11)20-18(19)26/h3-4,6-7,10,13-15,21,23H,5,8-9H2,1-2H3,(H,20,26)/p+1/t10-,13+,14+,15-,19+/m1/s1. The molecule has 8 nitrogen and oxygen atoms in total. The number of benzene rings is 1. The molecule has 3 amide bonds.